The normalized spacial score (nSPS) is 11.0. The SMILES string of the molecule is CCOC(=O)c1cnn(C)c1CNCC(CC)CC. The quantitative estimate of drug-likeness (QED) is 0.733. The molecule has 0 bridgehead atoms. The van der Waals surface area contributed by atoms with Crippen LogP contribution >= 0.6 is 0 Å². The molecule has 1 aromatic heterocycles. The van der Waals surface area contributed by atoms with Gasteiger partial charge in [-0.25, -0.2) is 4.79 Å². The van der Waals surface area contributed by atoms with E-state index >= 15 is 0 Å². The van der Waals surface area contributed by atoms with Crippen LogP contribution in [0.15, 0.2) is 6.20 Å². The molecular weight excluding hydrogens is 242 g/mol. The Labute approximate surface area is 115 Å². The molecule has 0 spiro atoms. The highest BCUT2D eigenvalue weighted by molar-refractivity contribution is 5.90. The third-order valence-electron chi connectivity index (χ3n) is 3.44. The van der Waals surface area contributed by atoms with E-state index in [0.717, 1.165) is 12.2 Å². The fourth-order valence-electron chi connectivity index (χ4n) is 2.02. The topological polar surface area (TPSA) is 56.1 Å². The zero-order chi connectivity index (χ0) is 14.3. The number of carbonyl (C=O) groups excluding carboxylic acids is 1. The molecule has 0 radical (unpaired) electrons. The molecule has 1 N–H and O–H groups in total. The fraction of sp³-hybridized carbons (Fsp3) is 0.714. The monoisotopic (exact) mass is 267 g/mol. The second-order valence-electron chi connectivity index (χ2n) is 4.66. The summed E-state index contributed by atoms with van der Waals surface area (Å²) in [5.41, 5.74) is 1.44. The van der Waals surface area contributed by atoms with Gasteiger partial charge in [-0.3, -0.25) is 4.68 Å². The predicted molar refractivity (Wildman–Crippen MR) is 74.9 cm³/mol. The molecule has 5 nitrogen and oxygen atoms in total. The van der Waals surface area contributed by atoms with Gasteiger partial charge in [-0.1, -0.05) is 26.7 Å². The second-order valence-corrected chi connectivity index (χ2v) is 4.66. The fourth-order valence-corrected chi connectivity index (χ4v) is 2.02. The summed E-state index contributed by atoms with van der Waals surface area (Å²) >= 11 is 0. The van der Waals surface area contributed by atoms with Crippen LogP contribution in [0.3, 0.4) is 0 Å². The molecule has 1 rings (SSSR count). The van der Waals surface area contributed by atoms with Crippen molar-refractivity contribution < 1.29 is 9.53 Å². The van der Waals surface area contributed by atoms with Gasteiger partial charge in [0.1, 0.15) is 5.56 Å². The predicted octanol–water partition coefficient (Wildman–Crippen LogP) is 2.12. The highest BCUT2D eigenvalue weighted by Gasteiger charge is 2.16. The average Bonchev–Trinajstić information content (AvgIpc) is 2.77. The molecule has 0 saturated carbocycles. The Morgan fingerprint density at radius 2 is 2.11 bits per heavy atom. The van der Waals surface area contributed by atoms with Gasteiger partial charge in [-0.2, -0.15) is 5.10 Å². The Morgan fingerprint density at radius 1 is 1.42 bits per heavy atom. The lowest BCUT2D eigenvalue weighted by molar-refractivity contribution is 0.0524. The number of nitrogens with one attached hydrogen (secondary N) is 1. The molecular formula is C14H25N3O2. The van der Waals surface area contributed by atoms with Crippen molar-refractivity contribution in [3.8, 4) is 0 Å². The van der Waals surface area contributed by atoms with Crippen LogP contribution in [0.5, 0.6) is 0 Å². The van der Waals surface area contributed by atoms with Crippen LogP contribution in [0, 0.1) is 5.92 Å². The minimum atomic E-state index is -0.296. The molecule has 0 saturated heterocycles. The summed E-state index contributed by atoms with van der Waals surface area (Å²) in [6.45, 7) is 8.18. The number of esters is 1. The van der Waals surface area contributed by atoms with Crippen molar-refractivity contribution in [1.82, 2.24) is 15.1 Å². The molecule has 1 heterocycles. The molecule has 0 amide bonds. The maximum absolute atomic E-state index is 11.8. The number of aryl methyl sites for hydroxylation is 1. The van der Waals surface area contributed by atoms with Crippen LogP contribution < -0.4 is 5.32 Å². The smallest absolute Gasteiger partial charge is 0.341 e. The van der Waals surface area contributed by atoms with E-state index in [-0.39, 0.29) is 5.97 Å². The Kier molecular flexibility index (Phi) is 6.56. The Balaban J connectivity index is 2.62. The number of rotatable bonds is 8. The van der Waals surface area contributed by atoms with Gasteiger partial charge < -0.3 is 10.1 Å². The van der Waals surface area contributed by atoms with E-state index < -0.39 is 0 Å². The molecule has 0 aromatic carbocycles. The molecule has 0 atom stereocenters. The number of hydrogen-bond donors (Lipinski definition) is 1. The molecule has 5 heteroatoms. The van der Waals surface area contributed by atoms with Crippen molar-refractivity contribution in [2.24, 2.45) is 13.0 Å². The summed E-state index contributed by atoms with van der Waals surface area (Å²) in [6, 6.07) is 0. The lowest BCUT2D eigenvalue weighted by Crippen LogP contribution is -2.24. The number of ether oxygens (including phenoxy) is 1. The molecule has 0 aliphatic heterocycles. The molecule has 0 unspecified atom stereocenters. The summed E-state index contributed by atoms with van der Waals surface area (Å²) < 4.78 is 6.76. The standard InChI is InChI=1S/C14H25N3O2/c1-5-11(6-2)8-15-10-13-12(9-16-17(13)4)14(18)19-7-3/h9,11,15H,5-8,10H2,1-4H3. The third-order valence-corrected chi connectivity index (χ3v) is 3.44. The van der Waals surface area contributed by atoms with Gasteiger partial charge in [0.05, 0.1) is 18.5 Å². The first kappa shape index (κ1) is 15.7. The number of aromatic nitrogens is 2. The highest BCUT2D eigenvalue weighted by atomic mass is 16.5. The first-order valence-electron chi connectivity index (χ1n) is 7.02. The van der Waals surface area contributed by atoms with E-state index in [1.807, 2.05) is 7.05 Å². The van der Waals surface area contributed by atoms with Crippen molar-refractivity contribution in [3.63, 3.8) is 0 Å². The van der Waals surface area contributed by atoms with Gasteiger partial charge in [0, 0.05) is 13.6 Å². The first-order valence-corrected chi connectivity index (χ1v) is 7.02. The van der Waals surface area contributed by atoms with E-state index in [1.54, 1.807) is 17.8 Å². The number of carbonyl (C=O) groups is 1. The summed E-state index contributed by atoms with van der Waals surface area (Å²) in [4.78, 5) is 11.8. The van der Waals surface area contributed by atoms with Crippen molar-refractivity contribution >= 4 is 5.97 Å². The molecule has 0 fully saturated rings. The van der Waals surface area contributed by atoms with Crippen LogP contribution in [-0.4, -0.2) is 28.9 Å². The second kappa shape index (κ2) is 7.94. The first-order chi connectivity index (χ1) is 9.13. The van der Waals surface area contributed by atoms with Gasteiger partial charge in [0.25, 0.3) is 0 Å². The summed E-state index contributed by atoms with van der Waals surface area (Å²) in [7, 11) is 1.84. The Hall–Kier alpha value is -1.36. The van der Waals surface area contributed by atoms with Crippen LogP contribution in [0.4, 0.5) is 0 Å². The van der Waals surface area contributed by atoms with Gasteiger partial charge in [-0.05, 0) is 19.4 Å². The average molecular weight is 267 g/mol. The van der Waals surface area contributed by atoms with E-state index in [4.69, 9.17) is 4.74 Å². The summed E-state index contributed by atoms with van der Waals surface area (Å²) in [5, 5.41) is 7.53. The van der Waals surface area contributed by atoms with Gasteiger partial charge in [-0.15, -0.1) is 0 Å². The van der Waals surface area contributed by atoms with Gasteiger partial charge in [0.15, 0.2) is 0 Å². The van der Waals surface area contributed by atoms with Crippen molar-refractivity contribution in [2.75, 3.05) is 13.2 Å². The minimum absolute atomic E-state index is 0.296. The summed E-state index contributed by atoms with van der Waals surface area (Å²) in [5.74, 6) is 0.384. The molecule has 1 aromatic rings. The minimum Gasteiger partial charge on any atom is -0.462 e. The van der Waals surface area contributed by atoms with Gasteiger partial charge >= 0.3 is 5.97 Å². The van der Waals surface area contributed by atoms with Crippen LogP contribution in [0.1, 0.15) is 49.7 Å². The Morgan fingerprint density at radius 3 is 2.68 bits per heavy atom. The molecule has 108 valence electrons. The van der Waals surface area contributed by atoms with E-state index in [2.05, 4.69) is 24.3 Å². The maximum Gasteiger partial charge on any atom is 0.341 e. The Bertz CT molecular complexity index is 397. The van der Waals surface area contributed by atoms with Crippen molar-refractivity contribution in [1.29, 1.82) is 0 Å². The van der Waals surface area contributed by atoms with E-state index in [9.17, 15) is 4.79 Å². The van der Waals surface area contributed by atoms with Crippen molar-refractivity contribution in [2.45, 2.75) is 40.2 Å². The molecule has 19 heavy (non-hydrogen) atoms. The van der Waals surface area contributed by atoms with Crippen molar-refractivity contribution in [3.05, 3.63) is 17.5 Å². The third kappa shape index (κ3) is 4.35. The lowest BCUT2D eigenvalue weighted by Gasteiger charge is -2.14. The van der Waals surface area contributed by atoms with E-state index in [1.165, 1.54) is 12.8 Å². The molecule has 0 aliphatic rings. The lowest BCUT2D eigenvalue weighted by atomic mass is 10.0. The van der Waals surface area contributed by atoms with Crippen LogP contribution in [0.2, 0.25) is 0 Å². The van der Waals surface area contributed by atoms with Crippen LogP contribution in [0.25, 0.3) is 0 Å². The summed E-state index contributed by atoms with van der Waals surface area (Å²) in [6.07, 6.45) is 3.91. The highest BCUT2D eigenvalue weighted by Crippen LogP contribution is 2.10. The zero-order valence-corrected chi connectivity index (χ0v) is 12.4. The maximum atomic E-state index is 11.8. The number of nitrogens with zero attached hydrogens (tertiary/aromatic N) is 2. The van der Waals surface area contributed by atoms with Crippen LogP contribution in [-0.2, 0) is 18.3 Å². The molecule has 0 aliphatic carbocycles. The van der Waals surface area contributed by atoms with Gasteiger partial charge in [0.2, 0.25) is 0 Å². The zero-order valence-electron chi connectivity index (χ0n) is 12.4. The van der Waals surface area contributed by atoms with E-state index in [0.29, 0.717) is 24.6 Å². The largest absolute Gasteiger partial charge is 0.462 e. The number of hydrogen-bond acceptors (Lipinski definition) is 4.